The average Bonchev–Trinajstić information content (AvgIpc) is 3.09. The summed E-state index contributed by atoms with van der Waals surface area (Å²) in [6.07, 6.45) is 7.47. The fourth-order valence-electron chi connectivity index (χ4n) is 3.65. The molecular weight excluding hydrogens is 260 g/mol. The van der Waals surface area contributed by atoms with Crippen LogP contribution in [0.3, 0.4) is 0 Å². The van der Waals surface area contributed by atoms with Gasteiger partial charge >= 0.3 is 0 Å². The molecule has 0 bridgehead atoms. The maximum Gasteiger partial charge on any atom is 0.107 e. The van der Waals surface area contributed by atoms with Gasteiger partial charge in [0.1, 0.15) is 5.01 Å². The van der Waals surface area contributed by atoms with E-state index in [1.54, 1.807) is 18.4 Å². The van der Waals surface area contributed by atoms with E-state index in [4.69, 9.17) is 4.74 Å². The topological polar surface area (TPSA) is 45.6 Å². The summed E-state index contributed by atoms with van der Waals surface area (Å²) in [6.45, 7) is 2.53. The first-order chi connectivity index (χ1) is 9.24. The van der Waals surface area contributed by atoms with Crippen LogP contribution in [0.25, 0.3) is 0 Å². The second kappa shape index (κ2) is 5.48. The highest BCUT2D eigenvalue weighted by atomic mass is 32.1. The zero-order valence-corrected chi connectivity index (χ0v) is 12.3. The van der Waals surface area contributed by atoms with E-state index in [9.17, 15) is 5.11 Å². The molecule has 2 fully saturated rings. The zero-order valence-electron chi connectivity index (χ0n) is 11.5. The summed E-state index contributed by atoms with van der Waals surface area (Å²) in [5.74, 6) is 0. The van der Waals surface area contributed by atoms with Crippen LogP contribution in [-0.2, 0) is 17.9 Å². The molecule has 4 nitrogen and oxygen atoms in total. The molecule has 3 rings (SSSR count). The van der Waals surface area contributed by atoms with E-state index in [0.717, 1.165) is 37.4 Å². The quantitative estimate of drug-likeness (QED) is 0.919. The Morgan fingerprint density at radius 3 is 3.05 bits per heavy atom. The highest BCUT2D eigenvalue weighted by molar-refractivity contribution is 7.11. The Morgan fingerprint density at radius 2 is 2.32 bits per heavy atom. The van der Waals surface area contributed by atoms with Crippen molar-refractivity contribution in [1.82, 2.24) is 9.88 Å². The Morgan fingerprint density at radius 1 is 1.53 bits per heavy atom. The van der Waals surface area contributed by atoms with Gasteiger partial charge in [-0.05, 0) is 19.3 Å². The largest absolute Gasteiger partial charge is 0.391 e. The molecule has 1 atom stereocenters. The molecule has 1 aliphatic heterocycles. The van der Waals surface area contributed by atoms with E-state index in [1.807, 2.05) is 6.20 Å². The lowest BCUT2D eigenvalue weighted by Gasteiger charge is -2.36. The number of methoxy groups -OCH3 is 1. The molecule has 2 heterocycles. The highest BCUT2D eigenvalue weighted by Gasteiger charge is 2.49. The number of hydrogen-bond donors (Lipinski definition) is 1. The average molecular weight is 282 g/mol. The van der Waals surface area contributed by atoms with Gasteiger partial charge in [-0.3, -0.25) is 4.90 Å². The van der Waals surface area contributed by atoms with Gasteiger partial charge in [0.2, 0.25) is 0 Å². The molecule has 1 aromatic heterocycles. The third-order valence-corrected chi connectivity index (χ3v) is 5.56. The maximum absolute atomic E-state index is 10.3. The summed E-state index contributed by atoms with van der Waals surface area (Å²) in [5.41, 5.74) is 0.0487. The van der Waals surface area contributed by atoms with Gasteiger partial charge in [-0.25, -0.2) is 4.98 Å². The number of aliphatic hydroxyl groups is 1. The van der Waals surface area contributed by atoms with Gasteiger partial charge in [-0.1, -0.05) is 12.8 Å². The predicted octanol–water partition coefficient (Wildman–Crippen LogP) is 2.17. The van der Waals surface area contributed by atoms with Gasteiger partial charge in [0.05, 0.1) is 24.1 Å². The fourth-order valence-corrected chi connectivity index (χ4v) is 4.56. The molecule has 1 spiro atoms. The Balaban J connectivity index is 1.71. The van der Waals surface area contributed by atoms with Crippen molar-refractivity contribution in [2.75, 3.05) is 13.7 Å². The number of ether oxygens (including phenoxy) is 1. The smallest absolute Gasteiger partial charge is 0.107 e. The Bertz CT molecular complexity index is 429. The molecule has 1 saturated heterocycles. The molecule has 1 N–H and O–H groups in total. The van der Waals surface area contributed by atoms with E-state index in [1.165, 1.54) is 17.7 Å². The van der Waals surface area contributed by atoms with Gasteiger partial charge in [-0.15, -0.1) is 11.3 Å². The molecule has 19 heavy (non-hydrogen) atoms. The van der Waals surface area contributed by atoms with Crippen LogP contribution in [0.4, 0.5) is 0 Å². The fraction of sp³-hybridized carbons (Fsp3) is 0.786. The first kappa shape index (κ1) is 13.5. The third kappa shape index (κ3) is 2.44. The van der Waals surface area contributed by atoms with Crippen molar-refractivity contribution in [3.05, 3.63) is 16.1 Å². The lowest BCUT2D eigenvalue weighted by atomic mass is 9.91. The predicted molar refractivity (Wildman–Crippen MR) is 75.1 cm³/mol. The van der Waals surface area contributed by atoms with Crippen LogP contribution in [0, 0.1) is 0 Å². The first-order valence-electron chi connectivity index (χ1n) is 7.10. The Labute approximate surface area is 118 Å². The number of nitrogens with zero attached hydrogens (tertiary/aromatic N) is 2. The van der Waals surface area contributed by atoms with Crippen LogP contribution in [0.2, 0.25) is 0 Å². The summed E-state index contributed by atoms with van der Waals surface area (Å²) in [6, 6.07) is 0. The van der Waals surface area contributed by atoms with Gasteiger partial charge < -0.3 is 9.84 Å². The minimum Gasteiger partial charge on any atom is -0.391 e. The van der Waals surface area contributed by atoms with Crippen molar-refractivity contribution in [3.8, 4) is 0 Å². The Hall–Kier alpha value is -0.490. The molecule has 0 aromatic carbocycles. The number of rotatable bonds is 4. The van der Waals surface area contributed by atoms with Crippen LogP contribution >= 0.6 is 11.3 Å². The summed E-state index contributed by atoms with van der Waals surface area (Å²) in [7, 11) is 1.71. The highest BCUT2D eigenvalue weighted by Crippen LogP contribution is 2.44. The molecule has 0 radical (unpaired) electrons. The van der Waals surface area contributed by atoms with Crippen LogP contribution < -0.4 is 0 Å². The minimum atomic E-state index is -0.145. The number of likely N-dealkylation sites (tertiary alicyclic amines) is 1. The monoisotopic (exact) mass is 282 g/mol. The van der Waals surface area contributed by atoms with E-state index < -0.39 is 0 Å². The molecule has 0 unspecified atom stereocenters. The van der Waals surface area contributed by atoms with Crippen molar-refractivity contribution in [2.45, 2.75) is 56.9 Å². The molecule has 5 heteroatoms. The molecule has 1 aromatic rings. The van der Waals surface area contributed by atoms with Gasteiger partial charge in [0.15, 0.2) is 0 Å². The number of aliphatic hydroxyl groups excluding tert-OH is 1. The van der Waals surface area contributed by atoms with Crippen molar-refractivity contribution in [1.29, 1.82) is 0 Å². The third-order valence-electron chi connectivity index (χ3n) is 4.61. The standard InChI is InChI=1S/C14H22N2O2S/c1-18-10-11-8-15-13(19-11)9-16-7-4-12(17)14(16)5-2-3-6-14/h8,12,17H,2-7,9-10H2,1H3/t12-/m0/s1. The summed E-state index contributed by atoms with van der Waals surface area (Å²) in [4.78, 5) is 8.14. The van der Waals surface area contributed by atoms with E-state index >= 15 is 0 Å². The van der Waals surface area contributed by atoms with Crippen molar-refractivity contribution in [3.63, 3.8) is 0 Å². The summed E-state index contributed by atoms with van der Waals surface area (Å²) >= 11 is 1.73. The summed E-state index contributed by atoms with van der Waals surface area (Å²) in [5, 5.41) is 11.5. The second-order valence-corrected chi connectivity index (χ2v) is 6.89. The molecule has 0 amide bonds. The van der Waals surface area contributed by atoms with Gasteiger partial charge in [0.25, 0.3) is 0 Å². The molecular formula is C14H22N2O2S. The SMILES string of the molecule is COCc1cnc(CN2CC[C@H](O)C23CCCC3)s1. The van der Waals surface area contributed by atoms with Gasteiger partial charge in [-0.2, -0.15) is 0 Å². The number of thiazole rings is 1. The molecule has 2 aliphatic rings. The van der Waals surface area contributed by atoms with E-state index in [0.29, 0.717) is 6.61 Å². The van der Waals surface area contributed by atoms with Crippen LogP contribution in [0.1, 0.15) is 42.0 Å². The minimum absolute atomic E-state index is 0.0487. The van der Waals surface area contributed by atoms with Gasteiger partial charge in [0, 0.05) is 25.4 Å². The van der Waals surface area contributed by atoms with Crippen molar-refractivity contribution in [2.24, 2.45) is 0 Å². The Kier molecular flexibility index (Phi) is 3.89. The lowest BCUT2D eigenvalue weighted by Crippen LogP contribution is -2.47. The molecule has 106 valence electrons. The first-order valence-corrected chi connectivity index (χ1v) is 7.92. The normalized spacial score (nSPS) is 26.5. The number of hydrogen-bond acceptors (Lipinski definition) is 5. The number of aromatic nitrogens is 1. The molecule has 1 aliphatic carbocycles. The van der Waals surface area contributed by atoms with E-state index in [2.05, 4.69) is 9.88 Å². The van der Waals surface area contributed by atoms with Crippen LogP contribution in [0.15, 0.2) is 6.20 Å². The van der Waals surface area contributed by atoms with Crippen molar-refractivity contribution >= 4 is 11.3 Å². The van der Waals surface area contributed by atoms with Crippen LogP contribution in [0.5, 0.6) is 0 Å². The molecule has 1 saturated carbocycles. The van der Waals surface area contributed by atoms with Crippen molar-refractivity contribution < 1.29 is 9.84 Å². The summed E-state index contributed by atoms with van der Waals surface area (Å²) < 4.78 is 5.14. The lowest BCUT2D eigenvalue weighted by molar-refractivity contribution is 0.0277. The second-order valence-electron chi connectivity index (χ2n) is 5.69. The maximum atomic E-state index is 10.3. The van der Waals surface area contributed by atoms with E-state index in [-0.39, 0.29) is 11.6 Å². The van der Waals surface area contributed by atoms with Crippen LogP contribution in [-0.4, -0.2) is 40.3 Å². The zero-order chi connectivity index (χ0) is 13.3.